The van der Waals surface area contributed by atoms with Crippen LogP contribution in [0, 0.1) is 6.92 Å². The normalized spacial score (nSPS) is 11.7. The largest absolute Gasteiger partial charge is 0.383 e. The average molecular weight is 263 g/mol. The van der Waals surface area contributed by atoms with Gasteiger partial charge in [0, 0.05) is 6.54 Å². The summed E-state index contributed by atoms with van der Waals surface area (Å²) in [6.45, 7) is 1.76. The first-order valence-electron chi connectivity index (χ1n) is 5.34. The zero-order valence-electron chi connectivity index (χ0n) is 9.72. The molecule has 6 heteroatoms. The third-order valence-corrected chi connectivity index (χ3v) is 2.36. The molecule has 0 saturated heterocycles. The molecule has 0 aliphatic heterocycles. The van der Waals surface area contributed by atoms with Gasteiger partial charge in [0.2, 0.25) is 0 Å². The highest BCUT2D eigenvalue weighted by Gasteiger charge is 2.48. The number of benzene rings is 1. The zero-order valence-corrected chi connectivity index (χ0v) is 9.72. The number of hydrogen-bond acceptors (Lipinski definition) is 1. The Hall–Kier alpha value is -1.59. The highest BCUT2D eigenvalue weighted by atomic mass is 19.3. The third kappa shape index (κ3) is 3.72. The smallest absolute Gasteiger partial charge is 0.350 e. The van der Waals surface area contributed by atoms with Crippen molar-refractivity contribution in [3.8, 4) is 0 Å². The van der Waals surface area contributed by atoms with Gasteiger partial charge >= 0.3 is 12.3 Å². The predicted octanol–water partition coefficient (Wildman–Crippen LogP) is 2.55. The standard InChI is InChI=1S/C12H13F4NO/c1-8-3-2-4-9(7-8)5-6-17-11(18)12(15,16)10(13)14/h2-4,7,10H,5-6H2,1H3,(H,17,18). The molecule has 1 rings (SSSR count). The van der Waals surface area contributed by atoms with Crippen molar-refractivity contribution in [2.75, 3.05) is 6.54 Å². The Kier molecular flexibility index (Phi) is 4.69. The first-order chi connectivity index (χ1) is 8.34. The van der Waals surface area contributed by atoms with Gasteiger partial charge in [-0.2, -0.15) is 8.78 Å². The van der Waals surface area contributed by atoms with Crippen LogP contribution in [0.5, 0.6) is 0 Å². The van der Waals surface area contributed by atoms with E-state index in [-0.39, 0.29) is 6.54 Å². The Morgan fingerprint density at radius 2 is 2.06 bits per heavy atom. The maximum Gasteiger partial charge on any atom is 0.383 e. The molecule has 0 bridgehead atoms. The van der Waals surface area contributed by atoms with Gasteiger partial charge in [0.1, 0.15) is 0 Å². The fraction of sp³-hybridized carbons (Fsp3) is 0.417. The van der Waals surface area contributed by atoms with Crippen LogP contribution in [0.2, 0.25) is 0 Å². The Labute approximate surface area is 102 Å². The highest BCUT2D eigenvalue weighted by Crippen LogP contribution is 2.22. The van der Waals surface area contributed by atoms with Crippen molar-refractivity contribution in [3.63, 3.8) is 0 Å². The molecule has 0 aliphatic carbocycles. The fourth-order valence-electron chi connectivity index (χ4n) is 1.40. The van der Waals surface area contributed by atoms with E-state index < -0.39 is 18.3 Å². The van der Waals surface area contributed by atoms with E-state index in [1.165, 1.54) is 0 Å². The van der Waals surface area contributed by atoms with Gasteiger partial charge in [-0.3, -0.25) is 4.79 Å². The van der Waals surface area contributed by atoms with Gasteiger partial charge in [-0.1, -0.05) is 29.8 Å². The van der Waals surface area contributed by atoms with E-state index in [2.05, 4.69) is 0 Å². The molecule has 0 saturated carbocycles. The van der Waals surface area contributed by atoms with Crippen LogP contribution >= 0.6 is 0 Å². The lowest BCUT2D eigenvalue weighted by atomic mass is 10.1. The molecule has 0 fully saturated rings. The van der Waals surface area contributed by atoms with Gasteiger partial charge in [0.25, 0.3) is 5.91 Å². The van der Waals surface area contributed by atoms with E-state index in [1.807, 2.05) is 19.1 Å². The molecule has 0 radical (unpaired) electrons. The molecule has 0 unspecified atom stereocenters. The molecular weight excluding hydrogens is 250 g/mol. The molecule has 0 heterocycles. The van der Waals surface area contributed by atoms with E-state index in [9.17, 15) is 22.4 Å². The molecule has 1 aromatic rings. The Morgan fingerprint density at radius 3 is 2.61 bits per heavy atom. The van der Waals surface area contributed by atoms with Crippen LogP contribution in [0.4, 0.5) is 17.6 Å². The summed E-state index contributed by atoms with van der Waals surface area (Å²) in [5.41, 5.74) is 1.84. The monoisotopic (exact) mass is 263 g/mol. The van der Waals surface area contributed by atoms with E-state index in [4.69, 9.17) is 0 Å². The lowest BCUT2D eigenvalue weighted by Crippen LogP contribution is -2.45. The van der Waals surface area contributed by atoms with Crippen LogP contribution in [0.25, 0.3) is 0 Å². The maximum atomic E-state index is 12.6. The molecule has 1 aromatic carbocycles. The molecule has 0 aromatic heterocycles. The van der Waals surface area contributed by atoms with Gasteiger partial charge < -0.3 is 5.32 Å². The van der Waals surface area contributed by atoms with E-state index in [0.29, 0.717) is 6.42 Å². The van der Waals surface area contributed by atoms with Gasteiger partial charge in [-0.15, -0.1) is 0 Å². The second kappa shape index (κ2) is 5.84. The summed E-state index contributed by atoms with van der Waals surface area (Å²) in [6.07, 6.45) is -3.68. The molecule has 100 valence electrons. The minimum absolute atomic E-state index is 0.107. The van der Waals surface area contributed by atoms with E-state index in [1.54, 1.807) is 17.4 Å². The van der Waals surface area contributed by atoms with Crippen LogP contribution in [0.15, 0.2) is 24.3 Å². The summed E-state index contributed by atoms with van der Waals surface area (Å²) >= 11 is 0. The molecule has 0 spiro atoms. The number of carbonyl (C=O) groups excluding carboxylic acids is 1. The lowest BCUT2D eigenvalue weighted by Gasteiger charge is -2.14. The Bertz CT molecular complexity index is 420. The fourth-order valence-corrected chi connectivity index (χ4v) is 1.40. The number of amides is 1. The van der Waals surface area contributed by atoms with Crippen LogP contribution in [0.3, 0.4) is 0 Å². The molecule has 0 atom stereocenters. The third-order valence-electron chi connectivity index (χ3n) is 2.36. The zero-order chi connectivity index (χ0) is 13.8. The quantitative estimate of drug-likeness (QED) is 0.813. The van der Waals surface area contributed by atoms with Crippen molar-refractivity contribution in [2.24, 2.45) is 0 Å². The molecular formula is C12H13F4NO. The van der Waals surface area contributed by atoms with Crippen LogP contribution < -0.4 is 5.32 Å². The van der Waals surface area contributed by atoms with Crippen LogP contribution in [-0.4, -0.2) is 24.8 Å². The van der Waals surface area contributed by atoms with Gasteiger partial charge in [-0.05, 0) is 18.9 Å². The summed E-state index contributed by atoms with van der Waals surface area (Å²) in [4.78, 5) is 10.8. The van der Waals surface area contributed by atoms with Crippen LogP contribution in [-0.2, 0) is 11.2 Å². The van der Waals surface area contributed by atoms with Crippen LogP contribution in [0.1, 0.15) is 11.1 Å². The summed E-state index contributed by atoms with van der Waals surface area (Å²) in [7, 11) is 0. The van der Waals surface area contributed by atoms with E-state index in [0.717, 1.165) is 11.1 Å². The maximum absolute atomic E-state index is 12.6. The van der Waals surface area contributed by atoms with Crippen molar-refractivity contribution in [2.45, 2.75) is 25.7 Å². The average Bonchev–Trinajstić information content (AvgIpc) is 2.28. The van der Waals surface area contributed by atoms with Crippen molar-refractivity contribution >= 4 is 5.91 Å². The molecule has 18 heavy (non-hydrogen) atoms. The lowest BCUT2D eigenvalue weighted by molar-refractivity contribution is -0.169. The Balaban J connectivity index is 2.45. The van der Waals surface area contributed by atoms with Crippen molar-refractivity contribution in [1.29, 1.82) is 0 Å². The summed E-state index contributed by atoms with van der Waals surface area (Å²) in [5, 5.41) is 1.80. The van der Waals surface area contributed by atoms with E-state index >= 15 is 0 Å². The number of hydrogen-bond donors (Lipinski definition) is 1. The molecule has 2 nitrogen and oxygen atoms in total. The second-order valence-electron chi connectivity index (χ2n) is 3.92. The minimum atomic E-state index is -4.63. The first-order valence-corrected chi connectivity index (χ1v) is 5.34. The molecule has 0 aliphatic rings. The van der Waals surface area contributed by atoms with Gasteiger partial charge in [0.05, 0.1) is 0 Å². The predicted molar refractivity (Wildman–Crippen MR) is 58.8 cm³/mol. The van der Waals surface area contributed by atoms with Crippen molar-refractivity contribution in [3.05, 3.63) is 35.4 Å². The summed E-state index contributed by atoms with van der Waals surface area (Å²) in [5.74, 6) is -6.57. The SMILES string of the molecule is Cc1cccc(CCNC(=O)C(F)(F)C(F)F)c1. The minimum Gasteiger partial charge on any atom is -0.350 e. The van der Waals surface area contributed by atoms with Crippen molar-refractivity contribution < 1.29 is 22.4 Å². The Morgan fingerprint density at radius 1 is 1.39 bits per heavy atom. The summed E-state index contributed by atoms with van der Waals surface area (Å²) < 4.78 is 48.8. The number of alkyl halides is 4. The number of rotatable bonds is 5. The topological polar surface area (TPSA) is 29.1 Å². The van der Waals surface area contributed by atoms with Crippen molar-refractivity contribution in [1.82, 2.24) is 5.32 Å². The molecule has 1 N–H and O–H groups in total. The second-order valence-corrected chi connectivity index (χ2v) is 3.92. The first kappa shape index (κ1) is 14.5. The van der Waals surface area contributed by atoms with Gasteiger partial charge in [0.15, 0.2) is 0 Å². The number of nitrogens with one attached hydrogen (secondary N) is 1. The molecule has 1 amide bonds. The number of carbonyl (C=O) groups is 1. The highest BCUT2D eigenvalue weighted by molar-refractivity contribution is 5.83. The number of halogens is 4. The summed E-state index contributed by atoms with van der Waals surface area (Å²) in [6, 6.07) is 7.26. The number of aryl methyl sites for hydroxylation is 1. The van der Waals surface area contributed by atoms with Gasteiger partial charge in [-0.25, -0.2) is 8.78 Å².